The van der Waals surface area contributed by atoms with E-state index in [-0.39, 0.29) is 45.4 Å². The van der Waals surface area contributed by atoms with E-state index in [4.69, 9.17) is 26.4 Å². The number of rotatable bonds is 4. The van der Waals surface area contributed by atoms with Crippen molar-refractivity contribution in [3.8, 4) is 5.75 Å². The fraction of sp³-hybridized carbons (Fsp3) is 0.455. The largest absolute Gasteiger partial charge is 0.506 e. The number of benzene rings is 1. The minimum absolute atomic E-state index is 0. The summed E-state index contributed by atoms with van der Waals surface area (Å²) in [6.07, 6.45) is 5.92. The zero-order chi connectivity index (χ0) is 22.1. The lowest BCUT2D eigenvalue weighted by molar-refractivity contribution is 0.446. The van der Waals surface area contributed by atoms with Crippen LogP contribution in [-0.4, -0.2) is 63.3 Å². The van der Waals surface area contributed by atoms with Gasteiger partial charge in [-0.05, 0) is 49.9 Å². The SMILES string of the molecule is Cl.N.N.N[C@@H]1C[C@H](N)CN(c2nc(Nc3ccc(O)c4ncccc34)nc(N3CCCCC3)n2)C1.[HH].[HH]. The zero-order valence-corrected chi connectivity index (χ0v) is 20.6. The van der Waals surface area contributed by atoms with E-state index in [1.165, 1.54) is 6.42 Å². The summed E-state index contributed by atoms with van der Waals surface area (Å²) >= 11 is 0. The second kappa shape index (κ2) is 12.1. The smallest absolute Gasteiger partial charge is 0.233 e. The van der Waals surface area contributed by atoms with Crippen LogP contribution in [0.15, 0.2) is 30.5 Å². The fourth-order valence-electron chi connectivity index (χ4n) is 4.52. The van der Waals surface area contributed by atoms with Gasteiger partial charge in [0.2, 0.25) is 17.8 Å². The number of pyridine rings is 1. The Kier molecular flexibility index (Phi) is 9.74. The third-order valence-corrected chi connectivity index (χ3v) is 6.04. The fourth-order valence-corrected chi connectivity index (χ4v) is 4.52. The third-order valence-electron chi connectivity index (χ3n) is 6.04. The number of hydrogen-bond donors (Lipinski definition) is 6. The Bertz CT molecular complexity index is 1110. The van der Waals surface area contributed by atoms with Gasteiger partial charge < -0.3 is 44.0 Å². The molecule has 2 atom stereocenters. The minimum Gasteiger partial charge on any atom is -0.506 e. The predicted molar refractivity (Wildman–Crippen MR) is 147 cm³/mol. The van der Waals surface area contributed by atoms with Crippen molar-refractivity contribution in [2.75, 3.05) is 41.3 Å². The molecule has 3 aromatic rings. The molecule has 0 aliphatic carbocycles. The number of fused-ring (bicyclic) bond motifs is 1. The summed E-state index contributed by atoms with van der Waals surface area (Å²) in [5.41, 5.74) is 13.7. The minimum atomic E-state index is -0.0162. The lowest BCUT2D eigenvalue weighted by Gasteiger charge is -2.35. The van der Waals surface area contributed by atoms with Crippen LogP contribution in [0.4, 0.5) is 23.5 Å². The van der Waals surface area contributed by atoms with E-state index >= 15 is 0 Å². The van der Waals surface area contributed by atoms with Crippen molar-refractivity contribution >= 4 is 46.8 Å². The monoisotopic (exact) mass is 509 g/mol. The van der Waals surface area contributed by atoms with Crippen LogP contribution in [0.2, 0.25) is 0 Å². The highest BCUT2D eigenvalue weighted by molar-refractivity contribution is 5.96. The molecule has 2 aliphatic rings. The molecular weight excluding hydrogens is 470 g/mol. The van der Waals surface area contributed by atoms with Crippen molar-refractivity contribution in [3.05, 3.63) is 30.5 Å². The van der Waals surface area contributed by atoms with Crippen molar-refractivity contribution in [2.45, 2.75) is 37.8 Å². The van der Waals surface area contributed by atoms with Crippen molar-refractivity contribution in [1.29, 1.82) is 0 Å². The van der Waals surface area contributed by atoms with Gasteiger partial charge in [0.1, 0.15) is 11.3 Å². The number of nitrogens with one attached hydrogen (secondary N) is 1. The lowest BCUT2D eigenvalue weighted by Crippen LogP contribution is -2.53. The highest BCUT2D eigenvalue weighted by atomic mass is 35.5. The molecule has 0 amide bonds. The van der Waals surface area contributed by atoms with Crippen LogP contribution in [-0.2, 0) is 0 Å². The van der Waals surface area contributed by atoms with Gasteiger partial charge in [-0.15, -0.1) is 12.4 Å². The summed E-state index contributed by atoms with van der Waals surface area (Å²) in [6.45, 7) is 3.16. The summed E-state index contributed by atoms with van der Waals surface area (Å²) in [4.78, 5) is 22.8. The maximum Gasteiger partial charge on any atom is 0.233 e. The van der Waals surface area contributed by atoms with E-state index in [0.29, 0.717) is 36.5 Å². The van der Waals surface area contributed by atoms with Gasteiger partial charge in [0.05, 0.1) is 5.69 Å². The van der Waals surface area contributed by atoms with E-state index < -0.39 is 0 Å². The molecule has 4 heterocycles. The quantitative estimate of drug-likeness (QED) is 0.280. The van der Waals surface area contributed by atoms with Gasteiger partial charge in [0.15, 0.2) is 0 Å². The number of hydrogen-bond acceptors (Lipinski definition) is 12. The highest BCUT2D eigenvalue weighted by Crippen LogP contribution is 2.31. The lowest BCUT2D eigenvalue weighted by atomic mass is 10.0. The van der Waals surface area contributed by atoms with Gasteiger partial charge in [-0.3, -0.25) is 4.98 Å². The van der Waals surface area contributed by atoms with E-state index in [9.17, 15) is 5.11 Å². The van der Waals surface area contributed by atoms with Crippen LogP contribution < -0.4 is 38.9 Å². The summed E-state index contributed by atoms with van der Waals surface area (Å²) in [7, 11) is 0. The Morgan fingerprint density at radius 2 is 1.57 bits per heavy atom. The Hall–Kier alpha value is -3.03. The van der Waals surface area contributed by atoms with Crippen LogP contribution in [0, 0.1) is 0 Å². The Morgan fingerprint density at radius 3 is 2.26 bits per heavy atom. The number of aromatic hydroxyl groups is 1. The molecule has 0 unspecified atom stereocenters. The number of phenols is 1. The standard InChI is InChI=1S/C22H29N9O.ClH.2H3N.2H2/c23-14-11-15(24)13-31(12-14)22-28-20(27-21(29-22)30-9-2-1-3-10-30)26-17-6-7-18(32)19-16(17)5-4-8-25-19;;;;;/h4-8,14-15,32H,1-3,9-13,23-24H2,(H,26,27,28,29);1H;2*1H3;2*1H/t14-,15+;;;;;. The average Bonchev–Trinajstić information content (AvgIpc) is 2.81. The van der Waals surface area contributed by atoms with Gasteiger partial charge in [-0.1, -0.05) is 0 Å². The molecule has 2 aliphatic heterocycles. The summed E-state index contributed by atoms with van der Waals surface area (Å²) in [6, 6.07) is 7.13. The van der Waals surface area contributed by atoms with Crippen LogP contribution in [0.3, 0.4) is 0 Å². The molecule has 1 aromatic carbocycles. The van der Waals surface area contributed by atoms with E-state index in [0.717, 1.165) is 43.4 Å². The third kappa shape index (κ3) is 6.16. The first kappa shape index (κ1) is 28.2. The molecule has 12 nitrogen and oxygen atoms in total. The molecule has 13 heteroatoms. The molecule has 5 rings (SSSR count). The second-order valence-corrected chi connectivity index (χ2v) is 8.62. The van der Waals surface area contributed by atoms with Crippen molar-refractivity contribution < 1.29 is 7.96 Å². The van der Waals surface area contributed by atoms with E-state index in [2.05, 4.69) is 20.1 Å². The number of piperidine rings is 2. The number of phenolic OH excluding ortho intramolecular Hbond substituents is 1. The van der Waals surface area contributed by atoms with Crippen molar-refractivity contribution in [3.63, 3.8) is 0 Å². The molecule has 0 saturated carbocycles. The predicted octanol–water partition coefficient (Wildman–Crippen LogP) is 2.96. The number of halogens is 1. The average molecular weight is 510 g/mol. The molecule has 2 saturated heterocycles. The molecule has 2 fully saturated rings. The van der Waals surface area contributed by atoms with Gasteiger partial charge in [0, 0.05) is 52.7 Å². The zero-order valence-electron chi connectivity index (χ0n) is 19.8. The summed E-state index contributed by atoms with van der Waals surface area (Å²) < 4.78 is 0. The second-order valence-electron chi connectivity index (χ2n) is 8.62. The summed E-state index contributed by atoms with van der Waals surface area (Å²) in [5, 5.41) is 14.3. The first-order valence-corrected chi connectivity index (χ1v) is 11.2. The topological polar surface area (TPSA) is 212 Å². The van der Waals surface area contributed by atoms with E-state index in [1.54, 1.807) is 18.3 Å². The molecule has 12 N–H and O–H groups in total. The molecule has 0 bridgehead atoms. The van der Waals surface area contributed by atoms with Gasteiger partial charge in [0.25, 0.3) is 0 Å². The molecule has 2 aromatic heterocycles. The normalized spacial score (nSPS) is 19.8. The maximum atomic E-state index is 10.2. The van der Waals surface area contributed by atoms with Crippen LogP contribution >= 0.6 is 12.4 Å². The molecule has 196 valence electrons. The van der Waals surface area contributed by atoms with Crippen molar-refractivity contribution in [1.82, 2.24) is 32.2 Å². The number of aromatic nitrogens is 4. The van der Waals surface area contributed by atoms with Gasteiger partial charge in [-0.2, -0.15) is 15.0 Å². The molecule has 0 radical (unpaired) electrons. The van der Waals surface area contributed by atoms with Gasteiger partial charge >= 0.3 is 0 Å². The van der Waals surface area contributed by atoms with Crippen LogP contribution in [0.1, 0.15) is 28.5 Å². The molecular formula is C22H40ClN11O. The Balaban J connectivity index is 0.00000259. The summed E-state index contributed by atoms with van der Waals surface area (Å²) in [5.74, 6) is 1.81. The maximum absolute atomic E-state index is 10.2. The van der Waals surface area contributed by atoms with Crippen molar-refractivity contribution in [2.24, 2.45) is 11.5 Å². The Labute approximate surface area is 214 Å². The number of nitrogens with two attached hydrogens (primary N) is 2. The van der Waals surface area contributed by atoms with Gasteiger partial charge in [-0.25, -0.2) is 0 Å². The van der Waals surface area contributed by atoms with Crippen LogP contribution in [0.5, 0.6) is 5.75 Å². The first-order valence-electron chi connectivity index (χ1n) is 11.2. The highest BCUT2D eigenvalue weighted by Gasteiger charge is 2.26. The number of nitrogens with zero attached hydrogens (tertiary/aromatic N) is 6. The molecule has 0 spiro atoms. The van der Waals surface area contributed by atoms with Crippen LogP contribution in [0.25, 0.3) is 10.9 Å². The molecule has 35 heavy (non-hydrogen) atoms. The number of anilines is 4. The van der Waals surface area contributed by atoms with E-state index in [1.807, 2.05) is 12.1 Å². The Morgan fingerprint density at radius 1 is 0.914 bits per heavy atom. The first-order chi connectivity index (χ1) is 15.6.